The Balaban J connectivity index is 1.80. The van der Waals surface area contributed by atoms with E-state index < -0.39 is 0 Å². The third-order valence-electron chi connectivity index (χ3n) is 4.14. The molecule has 0 spiro atoms. The number of nitrogens with two attached hydrogens (primary N) is 1. The molecule has 1 aromatic rings. The topological polar surface area (TPSA) is 58.3 Å². The zero-order chi connectivity index (χ0) is 13.4. The zero-order valence-corrected chi connectivity index (χ0v) is 11.8. The van der Waals surface area contributed by atoms with Crippen LogP contribution < -0.4 is 10.6 Å². The second-order valence-electron chi connectivity index (χ2n) is 5.99. The van der Waals surface area contributed by atoms with Crippen molar-refractivity contribution in [3.8, 4) is 0 Å². The number of aromatic nitrogens is 2. The molecule has 1 aliphatic heterocycles. The first-order valence-electron chi connectivity index (χ1n) is 7.19. The molecule has 0 bridgehead atoms. The molecule has 3 rings (SSSR count). The Labute approximate surface area is 114 Å². The highest BCUT2D eigenvalue weighted by Gasteiger charge is 2.29. The average molecular weight is 261 g/mol. The van der Waals surface area contributed by atoms with Crippen LogP contribution in [0.5, 0.6) is 0 Å². The maximum absolute atomic E-state index is 5.94. The summed E-state index contributed by atoms with van der Waals surface area (Å²) in [6.07, 6.45) is 4.90. The van der Waals surface area contributed by atoms with Crippen LogP contribution in [0.15, 0.2) is 6.07 Å². The van der Waals surface area contributed by atoms with Crippen molar-refractivity contribution in [3.05, 3.63) is 11.9 Å². The number of piperidine rings is 1. The molecule has 1 unspecified atom stereocenters. The number of hydrogen-bond acceptors (Lipinski definition) is 5. The Morgan fingerprint density at radius 1 is 1.26 bits per heavy atom. The largest absolute Gasteiger partial charge is 0.384 e. The average Bonchev–Trinajstić information content (AvgIpc) is 3.22. The summed E-state index contributed by atoms with van der Waals surface area (Å²) in [5.74, 6) is 3.12. The Kier molecular flexibility index (Phi) is 3.31. The third-order valence-corrected chi connectivity index (χ3v) is 4.14. The smallest absolute Gasteiger partial charge is 0.136 e. The van der Waals surface area contributed by atoms with Gasteiger partial charge in [0.2, 0.25) is 0 Å². The molecule has 1 aromatic heterocycles. The molecule has 0 amide bonds. The SMILES string of the molecule is CN(C)C1CCCN(c2cc(N)nc(C3CC3)n2)C1. The molecule has 1 aliphatic carbocycles. The lowest BCUT2D eigenvalue weighted by Gasteiger charge is -2.36. The van der Waals surface area contributed by atoms with Crippen LogP contribution in [0, 0.1) is 0 Å². The standard InChI is InChI=1S/C14H23N5/c1-18(2)11-4-3-7-19(9-11)13-8-12(15)16-14(17-13)10-5-6-10/h8,10-11H,3-7,9H2,1-2H3,(H2,15,16,17). The first kappa shape index (κ1) is 12.7. The second kappa shape index (κ2) is 4.96. The first-order chi connectivity index (χ1) is 9.13. The molecule has 1 atom stereocenters. The van der Waals surface area contributed by atoms with Crippen LogP contribution in [0.25, 0.3) is 0 Å². The van der Waals surface area contributed by atoms with E-state index in [0.29, 0.717) is 17.8 Å². The molecule has 5 heteroatoms. The summed E-state index contributed by atoms with van der Waals surface area (Å²) in [6, 6.07) is 2.53. The molecule has 2 N–H and O–H groups in total. The normalized spacial score (nSPS) is 23.9. The first-order valence-corrected chi connectivity index (χ1v) is 7.19. The fourth-order valence-corrected chi connectivity index (χ4v) is 2.74. The van der Waals surface area contributed by atoms with E-state index in [1.807, 2.05) is 6.07 Å². The van der Waals surface area contributed by atoms with E-state index in [1.165, 1.54) is 25.7 Å². The molecule has 1 saturated heterocycles. The van der Waals surface area contributed by atoms with Gasteiger partial charge in [-0.1, -0.05) is 0 Å². The fraction of sp³-hybridized carbons (Fsp3) is 0.714. The lowest BCUT2D eigenvalue weighted by atomic mass is 10.1. The van der Waals surface area contributed by atoms with Crippen molar-refractivity contribution in [1.82, 2.24) is 14.9 Å². The third kappa shape index (κ3) is 2.81. The Bertz CT molecular complexity index is 455. The molecular weight excluding hydrogens is 238 g/mol. The fourth-order valence-electron chi connectivity index (χ4n) is 2.74. The van der Waals surface area contributed by atoms with Crippen molar-refractivity contribution in [2.45, 2.75) is 37.6 Å². The van der Waals surface area contributed by atoms with Crippen LogP contribution in [-0.4, -0.2) is 48.1 Å². The monoisotopic (exact) mass is 261 g/mol. The van der Waals surface area contributed by atoms with Gasteiger partial charge in [-0.2, -0.15) is 0 Å². The van der Waals surface area contributed by atoms with Crippen LogP contribution in [0.2, 0.25) is 0 Å². The van der Waals surface area contributed by atoms with E-state index in [-0.39, 0.29) is 0 Å². The van der Waals surface area contributed by atoms with E-state index >= 15 is 0 Å². The van der Waals surface area contributed by atoms with E-state index in [0.717, 1.165) is 24.7 Å². The Morgan fingerprint density at radius 3 is 2.74 bits per heavy atom. The van der Waals surface area contributed by atoms with Crippen LogP contribution >= 0.6 is 0 Å². The van der Waals surface area contributed by atoms with Gasteiger partial charge in [-0.15, -0.1) is 0 Å². The molecule has 19 heavy (non-hydrogen) atoms. The van der Waals surface area contributed by atoms with Crippen molar-refractivity contribution in [2.24, 2.45) is 0 Å². The number of nitrogens with zero attached hydrogens (tertiary/aromatic N) is 4. The van der Waals surface area contributed by atoms with E-state index in [9.17, 15) is 0 Å². The molecule has 5 nitrogen and oxygen atoms in total. The van der Waals surface area contributed by atoms with Gasteiger partial charge in [0.25, 0.3) is 0 Å². The van der Waals surface area contributed by atoms with Crippen molar-refractivity contribution < 1.29 is 0 Å². The summed E-state index contributed by atoms with van der Waals surface area (Å²) >= 11 is 0. The highest BCUT2D eigenvalue weighted by Crippen LogP contribution is 2.39. The van der Waals surface area contributed by atoms with Gasteiger partial charge in [0.1, 0.15) is 17.5 Å². The number of likely N-dealkylation sites (N-methyl/N-ethyl adjacent to an activating group) is 1. The van der Waals surface area contributed by atoms with Gasteiger partial charge >= 0.3 is 0 Å². The predicted molar refractivity (Wildman–Crippen MR) is 77.3 cm³/mol. The van der Waals surface area contributed by atoms with E-state index in [1.54, 1.807) is 0 Å². The number of nitrogen functional groups attached to an aromatic ring is 1. The van der Waals surface area contributed by atoms with Crippen molar-refractivity contribution in [3.63, 3.8) is 0 Å². The minimum absolute atomic E-state index is 0.552. The van der Waals surface area contributed by atoms with Crippen LogP contribution in [0.3, 0.4) is 0 Å². The zero-order valence-electron chi connectivity index (χ0n) is 11.8. The molecule has 2 aliphatic rings. The summed E-state index contributed by atoms with van der Waals surface area (Å²) in [5.41, 5.74) is 5.94. The summed E-state index contributed by atoms with van der Waals surface area (Å²) in [4.78, 5) is 13.8. The molecule has 0 aromatic carbocycles. The van der Waals surface area contributed by atoms with Crippen LogP contribution in [0.4, 0.5) is 11.6 Å². The van der Waals surface area contributed by atoms with Crippen molar-refractivity contribution >= 4 is 11.6 Å². The summed E-state index contributed by atoms with van der Waals surface area (Å²) in [5, 5.41) is 0. The lowest BCUT2D eigenvalue weighted by molar-refractivity contribution is 0.257. The lowest BCUT2D eigenvalue weighted by Crippen LogP contribution is -2.45. The Hall–Kier alpha value is -1.36. The predicted octanol–water partition coefficient (Wildman–Crippen LogP) is 1.47. The highest BCUT2D eigenvalue weighted by molar-refractivity contribution is 5.48. The number of hydrogen-bond donors (Lipinski definition) is 1. The number of rotatable bonds is 3. The van der Waals surface area contributed by atoms with Gasteiger partial charge in [-0.3, -0.25) is 0 Å². The summed E-state index contributed by atoms with van der Waals surface area (Å²) in [6.45, 7) is 2.11. The van der Waals surface area contributed by atoms with Gasteiger partial charge in [0.15, 0.2) is 0 Å². The molecule has 0 radical (unpaired) electrons. The van der Waals surface area contributed by atoms with Crippen molar-refractivity contribution in [2.75, 3.05) is 37.8 Å². The summed E-state index contributed by atoms with van der Waals surface area (Å²) in [7, 11) is 4.30. The molecule has 1 saturated carbocycles. The quantitative estimate of drug-likeness (QED) is 0.893. The van der Waals surface area contributed by atoms with Crippen LogP contribution in [-0.2, 0) is 0 Å². The van der Waals surface area contributed by atoms with E-state index in [4.69, 9.17) is 10.7 Å². The van der Waals surface area contributed by atoms with Crippen molar-refractivity contribution in [1.29, 1.82) is 0 Å². The minimum atomic E-state index is 0.552. The highest BCUT2D eigenvalue weighted by atomic mass is 15.2. The van der Waals surface area contributed by atoms with Gasteiger partial charge in [0.05, 0.1) is 0 Å². The van der Waals surface area contributed by atoms with E-state index in [2.05, 4.69) is 28.9 Å². The molecule has 2 fully saturated rings. The van der Waals surface area contributed by atoms with Crippen LogP contribution in [0.1, 0.15) is 37.4 Å². The van der Waals surface area contributed by atoms with Gasteiger partial charge in [-0.25, -0.2) is 9.97 Å². The maximum atomic E-state index is 5.94. The maximum Gasteiger partial charge on any atom is 0.136 e. The molecule has 104 valence electrons. The molecular formula is C14H23N5. The van der Waals surface area contributed by atoms with Gasteiger partial charge in [-0.05, 0) is 39.8 Å². The second-order valence-corrected chi connectivity index (χ2v) is 5.99. The summed E-state index contributed by atoms with van der Waals surface area (Å²) < 4.78 is 0. The minimum Gasteiger partial charge on any atom is -0.384 e. The Morgan fingerprint density at radius 2 is 2.05 bits per heavy atom. The van der Waals surface area contributed by atoms with Gasteiger partial charge in [0, 0.05) is 31.1 Å². The molecule has 2 heterocycles. The van der Waals surface area contributed by atoms with Gasteiger partial charge < -0.3 is 15.5 Å². The number of anilines is 2.